The van der Waals surface area contributed by atoms with E-state index in [1.165, 1.54) is 64.2 Å². The summed E-state index contributed by atoms with van der Waals surface area (Å²) >= 11 is 0. The molecule has 0 aromatic carbocycles. The van der Waals surface area contributed by atoms with Gasteiger partial charge in [-0.1, -0.05) is 40.0 Å². The molecule has 4 fully saturated rings. The third kappa shape index (κ3) is 2.82. The Labute approximate surface area is 162 Å². The van der Waals surface area contributed by atoms with Gasteiger partial charge < -0.3 is 4.79 Å². The standard InChI is InChI=1S/C25H42O/c1-4-18-17-20-22-12-11-19(9-6-8-16-26)24(22,2)15-13-23(20)25(3)14-7-5-10-21(18)25/h16,18-23H,4-15,17H2,1-3H3/t18-,19?,20?,21?,22?,23?,24?,25?/m0/s1. The van der Waals surface area contributed by atoms with E-state index in [0.717, 1.165) is 54.6 Å². The maximum atomic E-state index is 10.8. The molecule has 4 rings (SSSR count). The summed E-state index contributed by atoms with van der Waals surface area (Å²) < 4.78 is 0. The third-order valence-electron chi connectivity index (χ3n) is 10.4. The fourth-order valence-electron chi connectivity index (χ4n) is 9.05. The lowest BCUT2D eigenvalue weighted by molar-refractivity contribution is -0.135. The van der Waals surface area contributed by atoms with Gasteiger partial charge in [0.05, 0.1) is 0 Å². The van der Waals surface area contributed by atoms with Crippen molar-refractivity contribution in [3.8, 4) is 0 Å². The highest BCUT2D eigenvalue weighted by atomic mass is 16.1. The quantitative estimate of drug-likeness (QED) is 0.380. The van der Waals surface area contributed by atoms with Gasteiger partial charge in [-0.2, -0.15) is 0 Å². The van der Waals surface area contributed by atoms with Crippen molar-refractivity contribution in [2.24, 2.45) is 46.3 Å². The van der Waals surface area contributed by atoms with Crippen molar-refractivity contribution >= 4 is 6.29 Å². The predicted octanol–water partition coefficient (Wildman–Crippen LogP) is 7.04. The smallest absolute Gasteiger partial charge is 0.119 e. The molecule has 1 nitrogen and oxygen atoms in total. The van der Waals surface area contributed by atoms with Gasteiger partial charge in [-0.05, 0) is 104 Å². The Hall–Kier alpha value is -0.330. The van der Waals surface area contributed by atoms with Crippen molar-refractivity contribution in [2.45, 2.75) is 104 Å². The molecular formula is C25H42O. The molecule has 0 aromatic rings. The molecular weight excluding hydrogens is 316 g/mol. The summed E-state index contributed by atoms with van der Waals surface area (Å²) in [5.74, 6) is 5.92. The average molecular weight is 359 g/mol. The maximum absolute atomic E-state index is 10.8. The number of fused-ring (bicyclic) bond motifs is 5. The molecule has 0 N–H and O–H groups in total. The van der Waals surface area contributed by atoms with Crippen LogP contribution in [0.2, 0.25) is 0 Å². The molecule has 8 atom stereocenters. The fourth-order valence-corrected chi connectivity index (χ4v) is 9.05. The van der Waals surface area contributed by atoms with E-state index < -0.39 is 0 Å². The van der Waals surface area contributed by atoms with Crippen LogP contribution in [0.4, 0.5) is 0 Å². The molecule has 0 radical (unpaired) electrons. The van der Waals surface area contributed by atoms with Gasteiger partial charge in [0.25, 0.3) is 0 Å². The normalized spacial score (nSPS) is 50.6. The molecule has 1 heteroatoms. The second kappa shape index (κ2) is 7.25. The first kappa shape index (κ1) is 19.0. The SMILES string of the molecule is CC[C@H]1CC2C3CCC(CCCC=O)C3(C)CCC2C2(C)CCCCC12. The molecule has 0 saturated heterocycles. The Morgan fingerprint density at radius 3 is 2.50 bits per heavy atom. The number of carbonyl (C=O) groups excluding carboxylic acids is 1. The van der Waals surface area contributed by atoms with E-state index in [4.69, 9.17) is 0 Å². The largest absolute Gasteiger partial charge is 0.303 e. The van der Waals surface area contributed by atoms with Crippen LogP contribution in [0.25, 0.3) is 0 Å². The first-order valence-electron chi connectivity index (χ1n) is 12.0. The van der Waals surface area contributed by atoms with Crippen molar-refractivity contribution in [2.75, 3.05) is 0 Å². The van der Waals surface area contributed by atoms with Crippen LogP contribution in [0.15, 0.2) is 0 Å². The fraction of sp³-hybridized carbons (Fsp3) is 0.960. The Morgan fingerprint density at radius 1 is 0.923 bits per heavy atom. The second-order valence-electron chi connectivity index (χ2n) is 11.1. The summed E-state index contributed by atoms with van der Waals surface area (Å²) in [4.78, 5) is 10.8. The van der Waals surface area contributed by atoms with Crippen LogP contribution < -0.4 is 0 Å². The van der Waals surface area contributed by atoms with E-state index in [1.807, 2.05) is 0 Å². The summed E-state index contributed by atoms with van der Waals surface area (Å²) in [7, 11) is 0. The van der Waals surface area contributed by atoms with E-state index in [1.54, 1.807) is 6.42 Å². The number of hydrogen-bond acceptors (Lipinski definition) is 1. The predicted molar refractivity (Wildman–Crippen MR) is 109 cm³/mol. The lowest BCUT2D eigenvalue weighted by Gasteiger charge is -2.62. The second-order valence-corrected chi connectivity index (χ2v) is 11.1. The van der Waals surface area contributed by atoms with Crippen molar-refractivity contribution in [1.29, 1.82) is 0 Å². The Morgan fingerprint density at radius 2 is 1.73 bits per heavy atom. The zero-order valence-electron chi connectivity index (χ0n) is 17.6. The van der Waals surface area contributed by atoms with Gasteiger partial charge in [-0.25, -0.2) is 0 Å². The minimum Gasteiger partial charge on any atom is -0.303 e. The molecule has 0 spiro atoms. The lowest BCUT2D eigenvalue weighted by Crippen LogP contribution is -2.55. The highest BCUT2D eigenvalue weighted by Crippen LogP contribution is 2.69. The van der Waals surface area contributed by atoms with E-state index in [0.29, 0.717) is 10.8 Å². The molecule has 4 saturated carbocycles. The average Bonchev–Trinajstić information content (AvgIpc) is 2.97. The van der Waals surface area contributed by atoms with Gasteiger partial charge >= 0.3 is 0 Å². The topological polar surface area (TPSA) is 17.1 Å². The molecule has 0 aromatic heterocycles. The number of hydrogen-bond donors (Lipinski definition) is 0. The van der Waals surface area contributed by atoms with Gasteiger partial charge in [-0.3, -0.25) is 0 Å². The van der Waals surface area contributed by atoms with E-state index in [-0.39, 0.29) is 0 Å². The Bertz CT molecular complexity index is 512. The summed E-state index contributed by atoms with van der Waals surface area (Å²) in [6.07, 6.45) is 19.2. The highest BCUT2D eigenvalue weighted by Gasteiger charge is 2.60. The number of aldehydes is 1. The van der Waals surface area contributed by atoms with Gasteiger partial charge in [0, 0.05) is 6.42 Å². The summed E-state index contributed by atoms with van der Waals surface area (Å²) in [6.45, 7) is 7.84. The number of unbranched alkanes of at least 4 members (excludes halogenated alkanes) is 1. The first-order valence-corrected chi connectivity index (χ1v) is 12.0. The van der Waals surface area contributed by atoms with Crippen LogP contribution in [-0.2, 0) is 4.79 Å². The van der Waals surface area contributed by atoms with E-state index in [9.17, 15) is 4.79 Å². The maximum Gasteiger partial charge on any atom is 0.119 e. The third-order valence-corrected chi connectivity index (χ3v) is 10.4. The van der Waals surface area contributed by atoms with Crippen LogP contribution >= 0.6 is 0 Å². The summed E-state index contributed by atoms with van der Waals surface area (Å²) in [5, 5.41) is 0. The van der Waals surface area contributed by atoms with Crippen molar-refractivity contribution in [3.63, 3.8) is 0 Å². The van der Waals surface area contributed by atoms with Crippen molar-refractivity contribution in [1.82, 2.24) is 0 Å². The Kier molecular flexibility index (Phi) is 5.30. The Balaban J connectivity index is 1.57. The van der Waals surface area contributed by atoms with Gasteiger partial charge in [0.15, 0.2) is 0 Å². The van der Waals surface area contributed by atoms with Gasteiger partial charge in [0.2, 0.25) is 0 Å². The van der Waals surface area contributed by atoms with Gasteiger partial charge in [-0.15, -0.1) is 0 Å². The monoisotopic (exact) mass is 358 g/mol. The van der Waals surface area contributed by atoms with Crippen LogP contribution in [0, 0.1) is 46.3 Å². The molecule has 0 aliphatic heterocycles. The molecule has 0 bridgehead atoms. The molecule has 4 aliphatic rings. The van der Waals surface area contributed by atoms with E-state index in [2.05, 4.69) is 20.8 Å². The zero-order chi connectivity index (χ0) is 18.4. The van der Waals surface area contributed by atoms with Crippen molar-refractivity contribution < 1.29 is 4.79 Å². The highest BCUT2D eigenvalue weighted by molar-refractivity contribution is 5.48. The molecule has 0 amide bonds. The lowest BCUT2D eigenvalue weighted by atomic mass is 9.42. The van der Waals surface area contributed by atoms with E-state index >= 15 is 0 Å². The zero-order valence-corrected chi connectivity index (χ0v) is 17.6. The molecule has 0 heterocycles. The van der Waals surface area contributed by atoms with Crippen LogP contribution in [0.3, 0.4) is 0 Å². The number of rotatable bonds is 5. The molecule has 4 aliphatic carbocycles. The minimum absolute atomic E-state index is 0.584. The summed E-state index contributed by atoms with van der Waals surface area (Å²) in [5.41, 5.74) is 1.24. The summed E-state index contributed by atoms with van der Waals surface area (Å²) in [6, 6.07) is 0. The van der Waals surface area contributed by atoms with Crippen LogP contribution in [-0.4, -0.2) is 6.29 Å². The number of carbonyl (C=O) groups is 1. The molecule has 7 unspecified atom stereocenters. The van der Waals surface area contributed by atoms with Crippen LogP contribution in [0.5, 0.6) is 0 Å². The van der Waals surface area contributed by atoms with Gasteiger partial charge in [0.1, 0.15) is 6.29 Å². The first-order chi connectivity index (χ1) is 12.5. The van der Waals surface area contributed by atoms with Crippen LogP contribution in [0.1, 0.15) is 104 Å². The molecule has 148 valence electrons. The minimum atomic E-state index is 0.584. The van der Waals surface area contributed by atoms with Crippen molar-refractivity contribution in [3.05, 3.63) is 0 Å². The molecule has 26 heavy (non-hydrogen) atoms.